The first kappa shape index (κ1) is 21.9. The maximum absolute atomic E-state index is 15.1. The van der Waals surface area contributed by atoms with Crippen molar-refractivity contribution in [3.05, 3.63) is 76.3 Å². The first-order valence-corrected chi connectivity index (χ1v) is 11.0. The maximum atomic E-state index is 15.1. The van der Waals surface area contributed by atoms with Crippen molar-refractivity contribution < 1.29 is 21.6 Å². The zero-order chi connectivity index (χ0) is 23.0. The summed E-state index contributed by atoms with van der Waals surface area (Å²) < 4.78 is 70.8. The van der Waals surface area contributed by atoms with Crippen LogP contribution in [-0.4, -0.2) is 25.9 Å². The van der Waals surface area contributed by atoms with Gasteiger partial charge in [0.25, 0.3) is 10.0 Å². The zero-order valence-corrected chi connectivity index (χ0v) is 18.0. The number of hydrogen-bond donors (Lipinski definition) is 3. The van der Waals surface area contributed by atoms with E-state index in [0.717, 1.165) is 18.2 Å². The van der Waals surface area contributed by atoms with E-state index in [1.54, 1.807) is 12.1 Å². The van der Waals surface area contributed by atoms with E-state index in [1.807, 2.05) is 4.72 Å². The predicted octanol–water partition coefficient (Wildman–Crippen LogP) is 4.50. The van der Waals surface area contributed by atoms with E-state index in [9.17, 15) is 17.2 Å². The van der Waals surface area contributed by atoms with Crippen LogP contribution in [0.3, 0.4) is 0 Å². The molecule has 3 N–H and O–H groups in total. The number of hydrogen-bond acceptors (Lipinski definition) is 6. The van der Waals surface area contributed by atoms with Crippen molar-refractivity contribution >= 4 is 44.5 Å². The van der Waals surface area contributed by atoms with Crippen molar-refractivity contribution in [3.8, 4) is 0 Å². The molecule has 0 saturated heterocycles. The molecule has 7 nitrogen and oxygen atoms in total. The van der Waals surface area contributed by atoms with Crippen LogP contribution in [0.1, 0.15) is 11.3 Å². The van der Waals surface area contributed by atoms with Crippen LogP contribution in [-0.2, 0) is 10.0 Å². The molecule has 2 heterocycles. The Morgan fingerprint density at radius 3 is 2.62 bits per heavy atom. The maximum Gasteiger partial charge on any atom is 0.262 e. The average Bonchev–Trinajstić information content (AvgIpc) is 2.75. The van der Waals surface area contributed by atoms with Crippen molar-refractivity contribution in [3.63, 3.8) is 0 Å². The summed E-state index contributed by atoms with van der Waals surface area (Å²) in [5.74, 6) is -2.90. The molecule has 0 unspecified atom stereocenters. The second kappa shape index (κ2) is 8.32. The van der Waals surface area contributed by atoms with Gasteiger partial charge < -0.3 is 10.6 Å². The van der Waals surface area contributed by atoms with Crippen molar-refractivity contribution in [2.75, 3.05) is 22.0 Å². The number of anilines is 3. The molecule has 2 aromatic carbocycles. The molecular weight excluding hydrogens is 467 g/mol. The lowest BCUT2D eigenvalue weighted by Gasteiger charge is -2.20. The number of pyridine rings is 1. The molecule has 166 valence electrons. The summed E-state index contributed by atoms with van der Waals surface area (Å²) in [6.45, 7) is 1.40. The van der Waals surface area contributed by atoms with E-state index < -0.39 is 38.8 Å². The van der Waals surface area contributed by atoms with Gasteiger partial charge in [-0.2, -0.15) is 0 Å². The van der Waals surface area contributed by atoms with Crippen molar-refractivity contribution in [2.45, 2.75) is 11.8 Å². The summed E-state index contributed by atoms with van der Waals surface area (Å²) in [6, 6.07) is 8.49. The summed E-state index contributed by atoms with van der Waals surface area (Å²) >= 11 is 5.91. The number of rotatable bonds is 4. The fourth-order valence-electron chi connectivity index (χ4n) is 3.08. The Hall–Kier alpha value is -3.31. The van der Waals surface area contributed by atoms with Crippen molar-refractivity contribution in [2.24, 2.45) is 4.99 Å². The number of aromatic nitrogens is 1. The smallest absolute Gasteiger partial charge is 0.262 e. The van der Waals surface area contributed by atoms with E-state index in [1.165, 1.54) is 19.1 Å². The molecule has 0 aliphatic carbocycles. The number of fused-ring (bicyclic) bond motifs is 1. The molecule has 0 bridgehead atoms. The van der Waals surface area contributed by atoms with Gasteiger partial charge in [-0.15, -0.1) is 0 Å². The lowest BCUT2D eigenvalue weighted by molar-refractivity contribution is 0.585. The Morgan fingerprint density at radius 2 is 1.84 bits per heavy atom. The molecule has 0 fully saturated rings. The third kappa shape index (κ3) is 4.08. The van der Waals surface area contributed by atoms with Gasteiger partial charge in [-0.1, -0.05) is 17.7 Å². The molecule has 0 atom stereocenters. The second-order valence-electron chi connectivity index (χ2n) is 6.75. The Balaban J connectivity index is 1.70. The molecule has 1 aliphatic rings. The Kier molecular flexibility index (Phi) is 5.70. The van der Waals surface area contributed by atoms with Gasteiger partial charge in [0, 0.05) is 5.56 Å². The van der Waals surface area contributed by atoms with Crippen LogP contribution in [0.2, 0.25) is 5.15 Å². The molecule has 32 heavy (non-hydrogen) atoms. The molecular formula is C20H15ClF3N5O2S. The quantitative estimate of drug-likeness (QED) is 0.477. The topological polar surface area (TPSA) is 95.5 Å². The number of sulfonamides is 1. The minimum absolute atomic E-state index is 0.0417. The van der Waals surface area contributed by atoms with Crippen LogP contribution < -0.4 is 15.4 Å². The van der Waals surface area contributed by atoms with Gasteiger partial charge >= 0.3 is 0 Å². The highest BCUT2D eigenvalue weighted by Gasteiger charge is 2.24. The van der Waals surface area contributed by atoms with E-state index in [0.29, 0.717) is 5.69 Å². The predicted molar refractivity (Wildman–Crippen MR) is 116 cm³/mol. The van der Waals surface area contributed by atoms with Crippen LogP contribution in [0.15, 0.2) is 52.4 Å². The van der Waals surface area contributed by atoms with E-state index >= 15 is 4.39 Å². The SMILES string of the molecule is Cc1c(F)cccc1S(=O)(=O)Nc1ccc(F)c(NC2=NCNc3ccc(Cl)nc32)c1F. The van der Waals surface area contributed by atoms with Crippen LogP contribution in [0.5, 0.6) is 0 Å². The largest absolute Gasteiger partial charge is 0.364 e. The third-order valence-corrected chi connectivity index (χ3v) is 6.40. The van der Waals surface area contributed by atoms with Crippen molar-refractivity contribution in [1.82, 2.24) is 4.98 Å². The third-order valence-electron chi connectivity index (χ3n) is 4.68. The number of aliphatic imine (C=N–C) groups is 1. The Labute approximate surface area is 186 Å². The summed E-state index contributed by atoms with van der Waals surface area (Å²) in [7, 11) is -4.36. The summed E-state index contributed by atoms with van der Waals surface area (Å²) in [5.41, 5.74) is -0.527. The molecule has 0 radical (unpaired) electrons. The number of halogens is 4. The van der Waals surface area contributed by atoms with Gasteiger partial charge in [0.1, 0.15) is 34.8 Å². The molecule has 12 heteroatoms. The van der Waals surface area contributed by atoms with Crippen LogP contribution in [0.4, 0.5) is 30.2 Å². The lowest BCUT2D eigenvalue weighted by atomic mass is 10.2. The highest BCUT2D eigenvalue weighted by molar-refractivity contribution is 7.92. The Bertz CT molecular complexity index is 1370. The molecule has 1 aliphatic heterocycles. The molecule has 3 aromatic rings. The monoisotopic (exact) mass is 481 g/mol. The van der Waals surface area contributed by atoms with Gasteiger partial charge in [-0.3, -0.25) is 4.72 Å². The second-order valence-corrected chi connectivity index (χ2v) is 8.79. The van der Waals surface area contributed by atoms with Crippen LogP contribution in [0, 0.1) is 24.4 Å². The molecule has 0 amide bonds. The number of amidine groups is 1. The Morgan fingerprint density at radius 1 is 1.06 bits per heavy atom. The highest BCUT2D eigenvalue weighted by Crippen LogP contribution is 2.30. The van der Waals surface area contributed by atoms with Gasteiger partial charge in [0.15, 0.2) is 11.7 Å². The highest BCUT2D eigenvalue weighted by atomic mass is 35.5. The van der Waals surface area contributed by atoms with Crippen molar-refractivity contribution in [1.29, 1.82) is 0 Å². The summed E-state index contributed by atoms with van der Waals surface area (Å²) in [6.07, 6.45) is 0. The standard InChI is InChI=1S/C20H15ClF3N5O2S/c1-10-11(22)3-2-4-15(10)32(30,31)29-13-6-5-12(23)18(17(13)24)28-20-19-14(25-9-26-20)7-8-16(21)27-19/h2-8,25,29H,9H2,1H3,(H,26,28). The number of benzene rings is 2. The van der Waals surface area contributed by atoms with Gasteiger partial charge in [0.2, 0.25) is 0 Å². The lowest BCUT2D eigenvalue weighted by Crippen LogP contribution is -2.25. The minimum atomic E-state index is -4.36. The van der Waals surface area contributed by atoms with Crippen LogP contribution >= 0.6 is 11.6 Å². The van der Waals surface area contributed by atoms with Gasteiger partial charge in [-0.05, 0) is 43.3 Å². The van der Waals surface area contributed by atoms with E-state index in [2.05, 4.69) is 20.6 Å². The molecule has 0 spiro atoms. The number of nitrogens with one attached hydrogen (secondary N) is 3. The first-order valence-electron chi connectivity index (χ1n) is 9.15. The molecule has 0 saturated carbocycles. The fourth-order valence-corrected chi connectivity index (χ4v) is 4.54. The first-order chi connectivity index (χ1) is 15.2. The average molecular weight is 482 g/mol. The van der Waals surface area contributed by atoms with Gasteiger partial charge in [0.05, 0.1) is 16.3 Å². The zero-order valence-electron chi connectivity index (χ0n) is 16.4. The van der Waals surface area contributed by atoms with E-state index in [4.69, 9.17) is 11.6 Å². The summed E-state index contributed by atoms with van der Waals surface area (Å²) in [5, 5.41) is 5.63. The number of nitrogens with zero attached hydrogens (tertiary/aromatic N) is 2. The molecule has 1 aromatic heterocycles. The van der Waals surface area contributed by atoms with E-state index in [-0.39, 0.29) is 33.8 Å². The minimum Gasteiger partial charge on any atom is -0.364 e. The fraction of sp³-hybridized carbons (Fsp3) is 0.100. The molecule has 4 rings (SSSR count). The van der Waals surface area contributed by atoms with Gasteiger partial charge in [-0.25, -0.2) is 31.6 Å². The normalized spacial score (nSPS) is 13.1. The summed E-state index contributed by atoms with van der Waals surface area (Å²) in [4.78, 5) is 7.86. The van der Waals surface area contributed by atoms with Crippen LogP contribution in [0.25, 0.3) is 0 Å².